The van der Waals surface area contributed by atoms with Crippen LogP contribution in [0, 0.1) is 5.41 Å². The molecule has 2 atom stereocenters. The molecule has 0 aromatic heterocycles. The number of carbonyl (C=O) groups excluding carboxylic acids is 1. The van der Waals surface area contributed by atoms with Crippen molar-refractivity contribution in [3.05, 3.63) is 0 Å². The lowest BCUT2D eigenvalue weighted by atomic mass is 9.71. The van der Waals surface area contributed by atoms with E-state index in [-0.39, 0.29) is 5.91 Å². The minimum absolute atomic E-state index is 0.0870. The molecule has 1 amide bonds. The molecule has 2 saturated heterocycles. The van der Waals surface area contributed by atoms with Gasteiger partial charge in [0.25, 0.3) is 0 Å². The topological polar surface area (TPSA) is 52.6 Å². The number of hydrogen-bond donors (Lipinski definition) is 2. The third-order valence-corrected chi connectivity index (χ3v) is 5.19. The molecule has 3 aliphatic rings. The average molecular weight is 252 g/mol. The second-order valence-electron chi connectivity index (χ2n) is 6.23. The van der Waals surface area contributed by atoms with Gasteiger partial charge in [0.15, 0.2) is 0 Å². The second-order valence-corrected chi connectivity index (χ2v) is 6.23. The summed E-state index contributed by atoms with van der Waals surface area (Å²) in [6.07, 6.45) is 7.34. The zero-order valence-electron chi connectivity index (χ0n) is 11.0. The van der Waals surface area contributed by atoms with E-state index in [9.17, 15) is 9.90 Å². The SMILES string of the molecule is O=C1NCCC[C@]12CN(C1CCCC1)CC[C@@H]2O. The molecule has 3 rings (SSSR count). The molecule has 0 bridgehead atoms. The van der Waals surface area contributed by atoms with Crippen LogP contribution in [-0.4, -0.2) is 47.7 Å². The van der Waals surface area contributed by atoms with Gasteiger partial charge in [-0.05, 0) is 32.1 Å². The molecule has 0 unspecified atom stereocenters. The zero-order chi connectivity index (χ0) is 12.6. The molecule has 1 spiro atoms. The summed E-state index contributed by atoms with van der Waals surface area (Å²) in [6.45, 7) is 2.50. The Morgan fingerprint density at radius 2 is 2.00 bits per heavy atom. The maximum absolute atomic E-state index is 12.2. The first kappa shape index (κ1) is 12.4. The monoisotopic (exact) mass is 252 g/mol. The van der Waals surface area contributed by atoms with E-state index in [0.717, 1.165) is 38.9 Å². The number of amides is 1. The van der Waals surface area contributed by atoms with Gasteiger partial charge in [0.2, 0.25) is 5.91 Å². The Morgan fingerprint density at radius 1 is 1.22 bits per heavy atom. The molecular formula is C14H24N2O2. The minimum atomic E-state index is -0.515. The highest BCUT2D eigenvalue weighted by Gasteiger charge is 2.50. The Labute approximate surface area is 109 Å². The molecule has 0 aromatic rings. The molecule has 2 aliphatic heterocycles. The van der Waals surface area contributed by atoms with Crippen LogP contribution < -0.4 is 5.32 Å². The van der Waals surface area contributed by atoms with E-state index in [1.165, 1.54) is 25.7 Å². The standard InChI is InChI=1S/C14H24N2O2/c17-12-6-9-16(11-4-1-2-5-11)10-14(12)7-3-8-15-13(14)18/h11-12,17H,1-10H2,(H,15,18)/t12-,14+/m0/s1. The maximum Gasteiger partial charge on any atom is 0.230 e. The van der Waals surface area contributed by atoms with Gasteiger partial charge in [0.05, 0.1) is 11.5 Å². The number of piperidine rings is 2. The number of hydrogen-bond acceptors (Lipinski definition) is 3. The molecule has 2 heterocycles. The number of likely N-dealkylation sites (tertiary alicyclic amines) is 1. The molecule has 18 heavy (non-hydrogen) atoms. The van der Waals surface area contributed by atoms with Crippen molar-refractivity contribution in [3.63, 3.8) is 0 Å². The third-order valence-electron chi connectivity index (χ3n) is 5.19. The van der Waals surface area contributed by atoms with Crippen LogP contribution in [0.5, 0.6) is 0 Å². The van der Waals surface area contributed by atoms with E-state index in [1.54, 1.807) is 0 Å². The molecule has 1 saturated carbocycles. The highest BCUT2D eigenvalue weighted by Crippen LogP contribution is 2.39. The molecule has 102 valence electrons. The highest BCUT2D eigenvalue weighted by atomic mass is 16.3. The number of nitrogens with zero attached hydrogens (tertiary/aromatic N) is 1. The van der Waals surface area contributed by atoms with Gasteiger partial charge in [0.1, 0.15) is 0 Å². The Balaban J connectivity index is 1.77. The smallest absolute Gasteiger partial charge is 0.230 e. The van der Waals surface area contributed by atoms with Crippen LogP contribution in [0.15, 0.2) is 0 Å². The van der Waals surface area contributed by atoms with Crippen molar-refractivity contribution in [2.24, 2.45) is 5.41 Å². The summed E-state index contributed by atoms with van der Waals surface area (Å²) < 4.78 is 0. The van der Waals surface area contributed by atoms with Gasteiger partial charge in [0, 0.05) is 25.7 Å². The van der Waals surface area contributed by atoms with Crippen LogP contribution >= 0.6 is 0 Å². The van der Waals surface area contributed by atoms with Gasteiger partial charge in [-0.3, -0.25) is 9.69 Å². The Morgan fingerprint density at radius 3 is 2.72 bits per heavy atom. The van der Waals surface area contributed by atoms with Gasteiger partial charge in [-0.15, -0.1) is 0 Å². The molecule has 2 N–H and O–H groups in total. The Hall–Kier alpha value is -0.610. The fraction of sp³-hybridized carbons (Fsp3) is 0.929. The van der Waals surface area contributed by atoms with Gasteiger partial charge in [-0.1, -0.05) is 12.8 Å². The van der Waals surface area contributed by atoms with Crippen molar-refractivity contribution < 1.29 is 9.90 Å². The molecule has 0 aromatic carbocycles. The molecule has 4 heteroatoms. The molecule has 0 radical (unpaired) electrons. The maximum atomic E-state index is 12.2. The Kier molecular flexibility index (Phi) is 3.32. The lowest BCUT2D eigenvalue weighted by molar-refractivity contribution is -0.150. The largest absolute Gasteiger partial charge is 0.392 e. The summed E-state index contributed by atoms with van der Waals surface area (Å²) in [5, 5.41) is 13.3. The molecular weight excluding hydrogens is 228 g/mol. The van der Waals surface area contributed by atoms with E-state index < -0.39 is 11.5 Å². The van der Waals surface area contributed by atoms with E-state index in [4.69, 9.17) is 0 Å². The summed E-state index contributed by atoms with van der Waals surface area (Å²) in [6, 6.07) is 0.657. The molecule has 3 fully saturated rings. The van der Waals surface area contributed by atoms with Crippen LogP contribution in [0.1, 0.15) is 44.9 Å². The number of aliphatic hydroxyl groups is 1. The summed E-state index contributed by atoms with van der Waals surface area (Å²) in [7, 11) is 0. The first-order chi connectivity index (χ1) is 8.72. The van der Waals surface area contributed by atoms with Crippen LogP contribution in [0.3, 0.4) is 0 Å². The van der Waals surface area contributed by atoms with Crippen LogP contribution in [-0.2, 0) is 4.79 Å². The van der Waals surface area contributed by atoms with Crippen molar-refractivity contribution in [2.75, 3.05) is 19.6 Å². The number of carbonyl (C=O) groups is 1. The minimum Gasteiger partial charge on any atom is -0.392 e. The van der Waals surface area contributed by atoms with Gasteiger partial charge in [-0.25, -0.2) is 0 Å². The first-order valence-electron chi connectivity index (χ1n) is 7.43. The quantitative estimate of drug-likeness (QED) is 0.729. The van der Waals surface area contributed by atoms with Gasteiger partial charge < -0.3 is 10.4 Å². The lowest BCUT2D eigenvalue weighted by Crippen LogP contribution is -2.62. The lowest BCUT2D eigenvalue weighted by Gasteiger charge is -2.48. The van der Waals surface area contributed by atoms with Crippen molar-refractivity contribution in [1.29, 1.82) is 0 Å². The normalized spacial score (nSPS) is 39.2. The summed E-state index contributed by atoms with van der Waals surface area (Å²) in [5.74, 6) is 0.0870. The van der Waals surface area contributed by atoms with Gasteiger partial charge in [-0.2, -0.15) is 0 Å². The molecule has 1 aliphatic carbocycles. The van der Waals surface area contributed by atoms with E-state index in [1.807, 2.05) is 0 Å². The Bertz CT molecular complexity index is 328. The predicted molar refractivity (Wildman–Crippen MR) is 69.1 cm³/mol. The zero-order valence-corrected chi connectivity index (χ0v) is 11.0. The van der Waals surface area contributed by atoms with Gasteiger partial charge >= 0.3 is 0 Å². The van der Waals surface area contributed by atoms with E-state index in [0.29, 0.717) is 6.04 Å². The summed E-state index contributed by atoms with van der Waals surface area (Å²) >= 11 is 0. The highest BCUT2D eigenvalue weighted by molar-refractivity contribution is 5.84. The number of aliphatic hydroxyl groups excluding tert-OH is 1. The first-order valence-corrected chi connectivity index (χ1v) is 7.43. The number of nitrogens with one attached hydrogen (secondary N) is 1. The second kappa shape index (κ2) is 4.82. The van der Waals surface area contributed by atoms with E-state index >= 15 is 0 Å². The van der Waals surface area contributed by atoms with Crippen molar-refractivity contribution in [2.45, 2.75) is 57.1 Å². The van der Waals surface area contributed by atoms with Crippen molar-refractivity contribution >= 4 is 5.91 Å². The van der Waals surface area contributed by atoms with Crippen molar-refractivity contribution in [1.82, 2.24) is 10.2 Å². The fourth-order valence-electron chi connectivity index (χ4n) is 4.06. The third kappa shape index (κ3) is 1.95. The fourth-order valence-corrected chi connectivity index (χ4v) is 4.06. The summed E-state index contributed by atoms with van der Waals surface area (Å²) in [5.41, 5.74) is -0.515. The van der Waals surface area contributed by atoms with Crippen molar-refractivity contribution in [3.8, 4) is 0 Å². The van der Waals surface area contributed by atoms with Crippen LogP contribution in [0.25, 0.3) is 0 Å². The molecule has 4 nitrogen and oxygen atoms in total. The van der Waals surface area contributed by atoms with E-state index in [2.05, 4.69) is 10.2 Å². The van der Waals surface area contributed by atoms with Crippen LogP contribution in [0.2, 0.25) is 0 Å². The average Bonchev–Trinajstić information content (AvgIpc) is 2.90. The summed E-state index contributed by atoms with van der Waals surface area (Å²) in [4.78, 5) is 14.7. The number of rotatable bonds is 1. The predicted octanol–water partition coefficient (Wildman–Crippen LogP) is 0.892. The van der Waals surface area contributed by atoms with Crippen LogP contribution in [0.4, 0.5) is 0 Å².